The molecule has 0 amide bonds. The molecule has 2 heterocycles. The van der Waals surface area contributed by atoms with E-state index in [2.05, 4.69) is 20.2 Å². The largest absolute Gasteiger partial charge is 0.451 e. The van der Waals surface area contributed by atoms with Crippen molar-refractivity contribution < 1.29 is 9.13 Å². The Morgan fingerprint density at radius 3 is 2.43 bits per heavy atom. The standard InChI is InChI=1S/C14H15FN4O.ClH/c15-12-3-1-2-4-13(12)20-11-9-17-14(18-10-11)19-7-5-16-6-8-19;/h1-4,9-10,16H,5-8H2;1H. The fourth-order valence-electron chi connectivity index (χ4n) is 2.04. The quantitative estimate of drug-likeness (QED) is 0.942. The zero-order valence-corrected chi connectivity index (χ0v) is 12.1. The van der Waals surface area contributed by atoms with Crippen molar-refractivity contribution in [3.8, 4) is 11.5 Å². The molecule has 1 fully saturated rings. The highest BCUT2D eigenvalue weighted by Crippen LogP contribution is 2.23. The Balaban J connectivity index is 0.00000161. The van der Waals surface area contributed by atoms with E-state index in [4.69, 9.17) is 4.74 Å². The molecule has 0 atom stereocenters. The number of piperazine rings is 1. The Morgan fingerprint density at radius 2 is 1.76 bits per heavy atom. The van der Waals surface area contributed by atoms with Crippen molar-refractivity contribution in [1.29, 1.82) is 0 Å². The van der Waals surface area contributed by atoms with Crippen molar-refractivity contribution in [2.75, 3.05) is 31.1 Å². The molecule has 21 heavy (non-hydrogen) atoms. The third-order valence-electron chi connectivity index (χ3n) is 3.08. The van der Waals surface area contributed by atoms with Gasteiger partial charge in [0.05, 0.1) is 12.4 Å². The van der Waals surface area contributed by atoms with E-state index in [9.17, 15) is 4.39 Å². The minimum absolute atomic E-state index is 0. The average molecular weight is 311 g/mol. The Bertz CT molecular complexity index is 575. The van der Waals surface area contributed by atoms with Crippen LogP contribution in [0.15, 0.2) is 36.7 Å². The van der Waals surface area contributed by atoms with Crippen molar-refractivity contribution >= 4 is 18.4 Å². The zero-order valence-electron chi connectivity index (χ0n) is 11.3. The molecule has 1 N–H and O–H groups in total. The van der Waals surface area contributed by atoms with E-state index < -0.39 is 5.82 Å². The first kappa shape index (κ1) is 15.5. The van der Waals surface area contributed by atoms with Gasteiger partial charge in [0.2, 0.25) is 5.95 Å². The molecule has 3 rings (SSSR count). The van der Waals surface area contributed by atoms with E-state index in [0.29, 0.717) is 11.7 Å². The Morgan fingerprint density at radius 1 is 1.10 bits per heavy atom. The van der Waals surface area contributed by atoms with E-state index in [1.165, 1.54) is 6.07 Å². The van der Waals surface area contributed by atoms with Gasteiger partial charge < -0.3 is 15.0 Å². The summed E-state index contributed by atoms with van der Waals surface area (Å²) in [6, 6.07) is 6.26. The molecule has 5 nitrogen and oxygen atoms in total. The van der Waals surface area contributed by atoms with Crippen LogP contribution in [-0.4, -0.2) is 36.1 Å². The van der Waals surface area contributed by atoms with Crippen molar-refractivity contribution in [2.45, 2.75) is 0 Å². The van der Waals surface area contributed by atoms with Gasteiger partial charge in [-0.3, -0.25) is 0 Å². The van der Waals surface area contributed by atoms with Gasteiger partial charge in [-0.25, -0.2) is 14.4 Å². The molecule has 112 valence electrons. The molecule has 0 saturated carbocycles. The maximum absolute atomic E-state index is 13.5. The van der Waals surface area contributed by atoms with Gasteiger partial charge in [0.1, 0.15) is 0 Å². The lowest BCUT2D eigenvalue weighted by Crippen LogP contribution is -2.44. The third kappa shape index (κ3) is 3.80. The number of rotatable bonds is 3. The van der Waals surface area contributed by atoms with Gasteiger partial charge in [-0.1, -0.05) is 12.1 Å². The van der Waals surface area contributed by atoms with Gasteiger partial charge in [-0.05, 0) is 12.1 Å². The first-order valence-corrected chi connectivity index (χ1v) is 6.53. The van der Waals surface area contributed by atoms with E-state index in [-0.39, 0.29) is 18.2 Å². The summed E-state index contributed by atoms with van der Waals surface area (Å²) in [5, 5.41) is 3.27. The molecule has 0 unspecified atom stereocenters. The van der Waals surface area contributed by atoms with Crippen LogP contribution < -0.4 is 15.0 Å². The summed E-state index contributed by atoms with van der Waals surface area (Å²) in [5.74, 6) is 0.867. The highest BCUT2D eigenvalue weighted by atomic mass is 35.5. The van der Waals surface area contributed by atoms with Crippen molar-refractivity contribution in [3.05, 3.63) is 42.5 Å². The summed E-state index contributed by atoms with van der Waals surface area (Å²) < 4.78 is 18.9. The second kappa shape index (κ2) is 7.19. The van der Waals surface area contributed by atoms with Crippen LogP contribution in [0.3, 0.4) is 0 Å². The maximum Gasteiger partial charge on any atom is 0.225 e. The predicted octanol–water partition coefficient (Wildman–Crippen LogP) is 2.24. The predicted molar refractivity (Wildman–Crippen MR) is 80.8 cm³/mol. The van der Waals surface area contributed by atoms with Gasteiger partial charge in [0, 0.05) is 26.2 Å². The lowest BCUT2D eigenvalue weighted by atomic mass is 10.3. The molecule has 1 aliphatic rings. The number of aromatic nitrogens is 2. The monoisotopic (exact) mass is 310 g/mol. The number of hydrogen-bond donors (Lipinski definition) is 1. The molecule has 1 saturated heterocycles. The number of nitrogens with one attached hydrogen (secondary N) is 1. The number of ether oxygens (including phenoxy) is 1. The second-order valence-electron chi connectivity index (χ2n) is 4.49. The maximum atomic E-state index is 13.5. The third-order valence-corrected chi connectivity index (χ3v) is 3.08. The smallest absolute Gasteiger partial charge is 0.225 e. The van der Waals surface area contributed by atoms with Crippen LogP contribution in [0, 0.1) is 5.82 Å². The van der Waals surface area contributed by atoms with Gasteiger partial charge in [-0.2, -0.15) is 0 Å². The highest BCUT2D eigenvalue weighted by molar-refractivity contribution is 5.85. The van der Waals surface area contributed by atoms with Crippen molar-refractivity contribution in [2.24, 2.45) is 0 Å². The Labute approximate surface area is 128 Å². The number of benzene rings is 1. The number of hydrogen-bond acceptors (Lipinski definition) is 5. The van der Waals surface area contributed by atoms with Crippen LogP contribution in [0.4, 0.5) is 10.3 Å². The van der Waals surface area contributed by atoms with Gasteiger partial charge >= 0.3 is 0 Å². The summed E-state index contributed by atoms with van der Waals surface area (Å²) in [6.45, 7) is 3.62. The Hall–Kier alpha value is -1.92. The molecule has 1 aromatic heterocycles. The minimum Gasteiger partial charge on any atom is -0.451 e. The fraction of sp³-hybridized carbons (Fsp3) is 0.286. The van der Waals surface area contributed by atoms with Crippen LogP contribution in [0.5, 0.6) is 11.5 Å². The van der Waals surface area contributed by atoms with Crippen LogP contribution in [-0.2, 0) is 0 Å². The molecule has 2 aromatic rings. The normalized spacial score (nSPS) is 14.4. The van der Waals surface area contributed by atoms with Crippen molar-refractivity contribution in [3.63, 3.8) is 0 Å². The second-order valence-corrected chi connectivity index (χ2v) is 4.49. The van der Waals surface area contributed by atoms with Crippen LogP contribution in [0.25, 0.3) is 0 Å². The number of nitrogens with zero attached hydrogens (tertiary/aromatic N) is 3. The van der Waals surface area contributed by atoms with Crippen LogP contribution in [0.2, 0.25) is 0 Å². The molecular weight excluding hydrogens is 295 g/mol. The molecule has 0 radical (unpaired) electrons. The van der Waals surface area contributed by atoms with E-state index >= 15 is 0 Å². The summed E-state index contributed by atoms with van der Waals surface area (Å²) in [5.41, 5.74) is 0. The van der Waals surface area contributed by atoms with Gasteiger partial charge in [-0.15, -0.1) is 12.4 Å². The first-order chi connectivity index (χ1) is 9.83. The van der Waals surface area contributed by atoms with Crippen LogP contribution in [0.1, 0.15) is 0 Å². The topological polar surface area (TPSA) is 50.3 Å². The molecule has 1 aromatic carbocycles. The average Bonchev–Trinajstić information content (AvgIpc) is 2.51. The summed E-state index contributed by atoms with van der Waals surface area (Å²) in [6.07, 6.45) is 3.13. The van der Waals surface area contributed by atoms with Gasteiger partial charge in [0.15, 0.2) is 17.3 Å². The lowest BCUT2D eigenvalue weighted by molar-refractivity contribution is 0.438. The molecule has 0 aliphatic carbocycles. The lowest BCUT2D eigenvalue weighted by Gasteiger charge is -2.27. The fourth-order valence-corrected chi connectivity index (χ4v) is 2.04. The summed E-state index contributed by atoms with van der Waals surface area (Å²) in [4.78, 5) is 10.6. The minimum atomic E-state index is -0.404. The molecule has 0 bridgehead atoms. The number of anilines is 1. The number of halogens is 2. The van der Waals surface area contributed by atoms with Crippen molar-refractivity contribution in [1.82, 2.24) is 15.3 Å². The van der Waals surface area contributed by atoms with Crippen LogP contribution >= 0.6 is 12.4 Å². The Kier molecular flexibility index (Phi) is 5.30. The molecule has 1 aliphatic heterocycles. The summed E-state index contributed by atoms with van der Waals surface area (Å²) >= 11 is 0. The summed E-state index contributed by atoms with van der Waals surface area (Å²) in [7, 11) is 0. The van der Waals surface area contributed by atoms with E-state index in [0.717, 1.165) is 26.2 Å². The number of para-hydroxylation sites is 1. The molecule has 0 spiro atoms. The van der Waals surface area contributed by atoms with E-state index in [1.807, 2.05) is 0 Å². The first-order valence-electron chi connectivity index (χ1n) is 6.53. The highest BCUT2D eigenvalue weighted by Gasteiger charge is 2.13. The zero-order chi connectivity index (χ0) is 13.8. The SMILES string of the molecule is Cl.Fc1ccccc1Oc1cnc(N2CCNCC2)nc1. The van der Waals surface area contributed by atoms with E-state index in [1.54, 1.807) is 30.6 Å². The van der Waals surface area contributed by atoms with Gasteiger partial charge in [0.25, 0.3) is 0 Å². The molecule has 7 heteroatoms. The molecular formula is C14H16ClFN4O.